The number of fused-ring (bicyclic) bond motifs is 1. The van der Waals surface area contributed by atoms with Crippen molar-refractivity contribution in [1.29, 1.82) is 0 Å². The summed E-state index contributed by atoms with van der Waals surface area (Å²) in [5, 5.41) is 3.63. The molecule has 160 valence electrons. The number of carbonyl (C=O) groups is 2. The Bertz CT molecular complexity index is 1280. The normalized spacial score (nSPS) is 10.7. The minimum absolute atomic E-state index is 0.260. The number of esters is 1. The van der Waals surface area contributed by atoms with E-state index in [1.54, 1.807) is 37.3 Å². The van der Waals surface area contributed by atoms with Crippen LogP contribution in [0.1, 0.15) is 40.1 Å². The summed E-state index contributed by atoms with van der Waals surface area (Å²) in [6, 6.07) is 24.4. The number of hydrogen-bond acceptors (Lipinski definition) is 4. The van der Waals surface area contributed by atoms with Crippen molar-refractivity contribution < 1.29 is 14.3 Å². The Labute approximate surface area is 187 Å². The fourth-order valence-electron chi connectivity index (χ4n) is 3.59. The maximum Gasteiger partial charge on any atom is 0.340 e. The van der Waals surface area contributed by atoms with Crippen LogP contribution >= 0.6 is 0 Å². The summed E-state index contributed by atoms with van der Waals surface area (Å²) >= 11 is 0. The van der Waals surface area contributed by atoms with Gasteiger partial charge in [-0.3, -0.25) is 4.79 Å². The topological polar surface area (TPSA) is 68.3 Å². The molecule has 0 saturated heterocycles. The zero-order valence-electron chi connectivity index (χ0n) is 18.1. The van der Waals surface area contributed by atoms with Crippen LogP contribution in [-0.2, 0) is 11.2 Å². The Morgan fingerprint density at radius 2 is 1.59 bits per heavy atom. The number of aryl methyl sites for hydroxylation is 1. The van der Waals surface area contributed by atoms with Crippen LogP contribution in [-0.4, -0.2) is 23.5 Å². The first kappa shape index (κ1) is 21.2. The van der Waals surface area contributed by atoms with Gasteiger partial charge in [0.2, 0.25) is 0 Å². The lowest BCUT2D eigenvalue weighted by Crippen LogP contribution is -2.16. The molecule has 0 radical (unpaired) electrons. The standard InChI is InChI=1S/C27H24N2O3/c1-3-18-13-15-19(16-14-18)25-17-22(20-9-5-7-11-23(20)28-25)26(30)29-24-12-8-6-10-21(24)27(31)32-4-2/h5-17H,3-4H2,1-2H3,(H,29,30). The third kappa shape index (κ3) is 4.37. The number of nitrogens with zero attached hydrogens (tertiary/aromatic N) is 1. The third-order valence-electron chi connectivity index (χ3n) is 5.29. The van der Waals surface area contributed by atoms with Crippen molar-refractivity contribution in [2.24, 2.45) is 0 Å². The Kier molecular flexibility index (Phi) is 6.26. The number of benzene rings is 3. The van der Waals surface area contributed by atoms with Crippen LogP contribution in [0.2, 0.25) is 0 Å². The number of amides is 1. The van der Waals surface area contributed by atoms with Crippen LogP contribution in [0.25, 0.3) is 22.2 Å². The van der Waals surface area contributed by atoms with E-state index in [4.69, 9.17) is 9.72 Å². The van der Waals surface area contributed by atoms with E-state index in [-0.39, 0.29) is 12.5 Å². The second-order valence-electron chi connectivity index (χ2n) is 7.34. The van der Waals surface area contributed by atoms with E-state index < -0.39 is 5.97 Å². The molecule has 3 aromatic carbocycles. The summed E-state index contributed by atoms with van der Waals surface area (Å²) in [5.41, 5.74) is 4.84. The number of anilines is 1. The van der Waals surface area contributed by atoms with E-state index in [1.807, 2.05) is 36.4 Å². The fourth-order valence-corrected chi connectivity index (χ4v) is 3.59. The maximum atomic E-state index is 13.4. The minimum Gasteiger partial charge on any atom is -0.462 e. The molecule has 0 saturated carbocycles. The third-order valence-corrected chi connectivity index (χ3v) is 5.29. The van der Waals surface area contributed by atoms with E-state index in [0.717, 1.165) is 28.6 Å². The monoisotopic (exact) mass is 424 g/mol. The molecule has 5 nitrogen and oxygen atoms in total. The molecular weight excluding hydrogens is 400 g/mol. The van der Waals surface area contributed by atoms with Gasteiger partial charge in [-0.2, -0.15) is 0 Å². The summed E-state index contributed by atoms with van der Waals surface area (Å²) in [4.78, 5) is 30.4. The second-order valence-corrected chi connectivity index (χ2v) is 7.34. The summed E-state index contributed by atoms with van der Waals surface area (Å²) in [6.45, 7) is 4.12. The molecule has 1 heterocycles. The highest BCUT2D eigenvalue weighted by atomic mass is 16.5. The molecule has 0 aliphatic carbocycles. The SMILES string of the molecule is CCOC(=O)c1ccccc1NC(=O)c1cc(-c2ccc(CC)cc2)nc2ccccc12. The van der Waals surface area contributed by atoms with Crippen LogP contribution in [0, 0.1) is 0 Å². The molecule has 0 spiro atoms. The Hall–Kier alpha value is -3.99. The molecule has 1 N–H and O–H groups in total. The quantitative estimate of drug-likeness (QED) is 0.392. The predicted octanol–water partition coefficient (Wildman–Crippen LogP) is 5.89. The van der Waals surface area contributed by atoms with Crippen molar-refractivity contribution in [3.8, 4) is 11.3 Å². The van der Waals surface area contributed by atoms with Crippen molar-refractivity contribution in [2.45, 2.75) is 20.3 Å². The van der Waals surface area contributed by atoms with Gasteiger partial charge in [0.15, 0.2) is 0 Å². The maximum absolute atomic E-state index is 13.4. The van der Waals surface area contributed by atoms with Gasteiger partial charge in [0.1, 0.15) is 0 Å². The molecule has 0 aliphatic heterocycles. The van der Waals surface area contributed by atoms with Crippen LogP contribution in [0.3, 0.4) is 0 Å². The highest BCUT2D eigenvalue weighted by Gasteiger charge is 2.18. The summed E-state index contributed by atoms with van der Waals surface area (Å²) in [6.07, 6.45) is 0.957. The van der Waals surface area contributed by atoms with Gasteiger partial charge in [-0.1, -0.05) is 61.5 Å². The zero-order valence-corrected chi connectivity index (χ0v) is 18.1. The summed E-state index contributed by atoms with van der Waals surface area (Å²) in [7, 11) is 0. The molecule has 1 amide bonds. The lowest BCUT2D eigenvalue weighted by atomic mass is 10.0. The number of aromatic nitrogens is 1. The number of rotatable bonds is 6. The molecule has 0 bridgehead atoms. The fraction of sp³-hybridized carbons (Fsp3) is 0.148. The van der Waals surface area contributed by atoms with Crippen molar-refractivity contribution in [3.05, 3.63) is 95.6 Å². The predicted molar refractivity (Wildman–Crippen MR) is 127 cm³/mol. The molecule has 0 atom stereocenters. The van der Waals surface area contributed by atoms with Crippen molar-refractivity contribution in [2.75, 3.05) is 11.9 Å². The first-order chi connectivity index (χ1) is 15.6. The smallest absolute Gasteiger partial charge is 0.340 e. The largest absolute Gasteiger partial charge is 0.462 e. The molecule has 0 aliphatic rings. The van der Waals surface area contributed by atoms with Gasteiger partial charge in [-0.15, -0.1) is 0 Å². The molecule has 32 heavy (non-hydrogen) atoms. The summed E-state index contributed by atoms with van der Waals surface area (Å²) < 4.78 is 5.12. The number of para-hydroxylation sites is 2. The van der Waals surface area contributed by atoms with Gasteiger partial charge in [-0.25, -0.2) is 9.78 Å². The molecule has 4 aromatic rings. The van der Waals surface area contributed by atoms with Gasteiger partial charge < -0.3 is 10.1 Å². The van der Waals surface area contributed by atoms with Crippen molar-refractivity contribution in [3.63, 3.8) is 0 Å². The zero-order chi connectivity index (χ0) is 22.5. The lowest BCUT2D eigenvalue weighted by molar-refractivity contribution is 0.0527. The number of pyridine rings is 1. The number of ether oxygens (including phenoxy) is 1. The average Bonchev–Trinajstić information content (AvgIpc) is 2.83. The highest BCUT2D eigenvalue weighted by molar-refractivity contribution is 6.14. The van der Waals surface area contributed by atoms with Crippen LogP contribution in [0.4, 0.5) is 5.69 Å². The highest BCUT2D eigenvalue weighted by Crippen LogP contribution is 2.27. The Morgan fingerprint density at radius 1 is 0.875 bits per heavy atom. The Balaban J connectivity index is 1.75. The first-order valence-corrected chi connectivity index (χ1v) is 10.7. The molecule has 5 heteroatoms. The molecule has 4 rings (SSSR count). The van der Waals surface area contributed by atoms with Crippen LogP contribution < -0.4 is 5.32 Å². The lowest BCUT2D eigenvalue weighted by Gasteiger charge is -2.13. The van der Waals surface area contributed by atoms with Gasteiger partial charge in [0.05, 0.1) is 34.6 Å². The van der Waals surface area contributed by atoms with E-state index in [2.05, 4.69) is 24.4 Å². The molecule has 0 fully saturated rings. The van der Waals surface area contributed by atoms with Gasteiger partial charge in [0, 0.05) is 10.9 Å². The molecule has 0 unspecified atom stereocenters. The van der Waals surface area contributed by atoms with Gasteiger partial charge in [-0.05, 0) is 43.2 Å². The van der Waals surface area contributed by atoms with E-state index in [1.165, 1.54) is 5.56 Å². The van der Waals surface area contributed by atoms with Gasteiger partial charge >= 0.3 is 5.97 Å². The van der Waals surface area contributed by atoms with Crippen LogP contribution in [0.5, 0.6) is 0 Å². The van der Waals surface area contributed by atoms with Gasteiger partial charge in [0.25, 0.3) is 5.91 Å². The van der Waals surface area contributed by atoms with E-state index in [9.17, 15) is 9.59 Å². The number of nitrogens with one attached hydrogen (secondary N) is 1. The van der Waals surface area contributed by atoms with Crippen molar-refractivity contribution >= 4 is 28.5 Å². The molecule has 1 aromatic heterocycles. The van der Waals surface area contributed by atoms with Crippen molar-refractivity contribution in [1.82, 2.24) is 4.98 Å². The molecular formula is C27H24N2O3. The second kappa shape index (κ2) is 9.43. The number of carbonyl (C=O) groups excluding carboxylic acids is 2. The minimum atomic E-state index is -0.473. The van der Waals surface area contributed by atoms with E-state index >= 15 is 0 Å². The Morgan fingerprint density at radius 3 is 2.34 bits per heavy atom. The number of hydrogen-bond donors (Lipinski definition) is 1. The van der Waals surface area contributed by atoms with Crippen LogP contribution in [0.15, 0.2) is 78.9 Å². The summed E-state index contributed by atoms with van der Waals surface area (Å²) in [5.74, 6) is -0.786. The van der Waals surface area contributed by atoms with E-state index in [0.29, 0.717) is 16.8 Å². The first-order valence-electron chi connectivity index (χ1n) is 10.7. The average molecular weight is 425 g/mol.